The number of esters is 1. The minimum absolute atomic E-state index is 0.0886. The highest BCUT2D eigenvalue weighted by Crippen LogP contribution is 2.53. The molecule has 0 aromatic heterocycles. The van der Waals surface area contributed by atoms with Crippen LogP contribution in [0.5, 0.6) is 5.75 Å². The summed E-state index contributed by atoms with van der Waals surface area (Å²) in [5, 5.41) is 9.71. The smallest absolute Gasteiger partial charge is 0.308 e. The zero-order chi connectivity index (χ0) is 41.6. The van der Waals surface area contributed by atoms with E-state index in [4.69, 9.17) is 28.1 Å². The van der Waals surface area contributed by atoms with Gasteiger partial charge in [-0.25, -0.2) is 0 Å². The summed E-state index contributed by atoms with van der Waals surface area (Å²) in [4.78, 5) is 25.9. The molecule has 2 heterocycles. The van der Waals surface area contributed by atoms with E-state index in [0.29, 0.717) is 32.7 Å². The maximum absolute atomic E-state index is 14.1. The van der Waals surface area contributed by atoms with Gasteiger partial charge in [-0.05, 0) is 79.1 Å². The first kappa shape index (κ1) is 45.5. The van der Waals surface area contributed by atoms with E-state index in [1.54, 1.807) is 0 Å². The molecule has 1 N–H and O–H groups in total. The van der Waals surface area contributed by atoms with Gasteiger partial charge in [-0.3, -0.25) is 9.59 Å². The van der Waals surface area contributed by atoms with Crippen molar-refractivity contribution in [2.75, 3.05) is 6.61 Å². The van der Waals surface area contributed by atoms with Crippen molar-refractivity contribution < 1.29 is 42.8 Å². The van der Waals surface area contributed by atoms with Gasteiger partial charge in [-0.2, -0.15) is 0 Å². The number of unbranched alkanes of at least 4 members (excludes halogenated alkanes) is 1. The normalized spacial score (nSPS) is 23.6. The van der Waals surface area contributed by atoms with Crippen LogP contribution in [0.1, 0.15) is 110 Å². The molecule has 3 aromatic rings. The quantitative estimate of drug-likeness (QED) is 0.0602. The first-order valence-corrected chi connectivity index (χ1v) is 24.2. The van der Waals surface area contributed by atoms with Crippen molar-refractivity contribution in [3.63, 3.8) is 0 Å². The summed E-state index contributed by atoms with van der Waals surface area (Å²) in [5.41, 5.74) is 2.98. The summed E-state index contributed by atoms with van der Waals surface area (Å²) in [7, 11) is -2.07. The Labute approximate surface area is 348 Å². The van der Waals surface area contributed by atoms with Crippen molar-refractivity contribution in [2.24, 2.45) is 11.3 Å². The lowest BCUT2D eigenvalue weighted by Gasteiger charge is -2.57. The largest absolute Gasteiger partial charge is 0.489 e. The van der Waals surface area contributed by atoms with E-state index in [0.717, 1.165) is 67.1 Å². The number of hydrogen-bond donors (Lipinski definition) is 1. The lowest BCUT2D eigenvalue weighted by Crippen LogP contribution is -2.63. The number of hydrogen-bond acceptors (Lipinski definition) is 8. The van der Waals surface area contributed by atoms with Crippen LogP contribution in [-0.4, -0.2) is 62.2 Å². The van der Waals surface area contributed by atoms with Crippen LogP contribution in [-0.2, 0) is 52.6 Å². The van der Waals surface area contributed by atoms with Gasteiger partial charge in [0.1, 0.15) is 18.5 Å². The van der Waals surface area contributed by atoms with Crippen LogP contribution in [0.3, 0.4) is 0 Å². The molecular formula is C48H68O9Si. The summed E-state index contributed by atoms with van der Waals surface area (Å²) in [6.45, 7) is 14.2. The van der Waals surface area contributed by atoms with Crippen molar-refractivity contribution in [3.05, 3.63) is 102 Å². The molecule has 9 nitrogen and oxygen atoms in total. The van der Waals surface area contributed by atoms with Gasteiger partial charge in [0.05, 0.1) is 44.4 Å². The number of carbonyl (C=O) groups excluding carboxylic acids is 1. The average Bonchev–Trinajstić information content (AvgIpc) is 3.21. The molecule has 3 aromatic carbocycles. The third-order valence-electron chi connectivity index (χ3n) is 12.7. The number of rotatable bonds is 22. The third kappa shape index (κ3) is 12.7. The molecule has 1 spiro atoms. The summed E-state index contributed by atoms with van der Waals surface area (Å²) >= 11 is 0. The van der Waals surface area contributed by atoms with Crippen molar-refractivity contribution in [2.45, 2.75) is 161 Å². The van der Waals surface area contributed by atoms with E-state index in [-0.39, 0.29) is 30.8 Å². The number of carboxylic acids is 1. The maximum Gasteiger partial charge on any atom is 0.308 e. The van der Waals surface area contributed by atoms with E-state index in [2.05, 4.69) is 65.8 Å². The van der Waals surface area contributed by atoms with Crippen LogP contribution in [0.2, 0.25) is 18.1 Å². The second-order valence-corrected chi connectivity index (χ2v) is 21.8. The molecule has 2 aliphatic rings. The molecule has 2 saturated heterocycles. The molecular weight excluding hydrogens is 749 g/mol. The Kier molecular flexibility index (Phi) is 17.0. The number of ether oxygens (including phenoxy) is 5. The fourth-order valence-corrected chi connectivity index (χ4v) is 11.4. The average molecular weight is 817 g/mol. The number of benzene rings is 3. The molecule has 0 saturated carbocycles. The Bertz CT molecular complexity index is 1690. The molecule has 10 heteroatoms. The first-order chi connectivity index (χ1) is 27.9. The van der Waals surface area contributed by atoms with Crippen LogP contribution in [0.25, 0.3) is 0 Å². The highest BCUT2D eigenvalue weighted by atomic mass is 28.4. The zero-order valence-corrected chi connectivity index (χ0v) is 36.8. The topological polar surface area (TPSA) is 110 Å². The highest BCUT2D eigenvalue weighted by molar-refractivity contribution is 6.73. The number of carboxylic acid groups (broad SMARTS) is 1. The standard InChI is InChI=1S/C48H68O9Si/c1-7-58(8-2,9-3)57-42(35-52-33-38-20-12-10-13-21-38)31-46(51)54-44-32-48(47(5,6)28-27-41(55-48)30-45(49)50)56-43(36(44)4)26-17-16-19-37-24-18-25-40(29-37)53-34-39-22-14-11-15-23-39/h10-15,18,20-25,29,36,41-44H,7-9,16-17,19,26-28,30-35H2,1-6H3,(H,49,50)/t36-,41-,42-,43-,44+,48-/m1/s1. The van der Waals surface area contributed by atoms with Crippen molar-refractivity contribution in [3.8, 4) is 5.75 Å². The van der Waals surface area contributed by atoms with Gasteiger partial charge < -0.3 is 33.2 Å². The molecule has 6 atom stereocenters. The second kappa shape index (κ2) is 21.6. The summed E-state index contributed by atoms with van der Waals surface area (Å²) in [5.74, 6) is -1.57. The molecule has 2 fully saturated rings. The fraction of sp³-hybridized carbons (Fsp3) is 0.583. The van der Waals surface area contributed by atoms with E-state index in [1.165, 1.54) is 5.56 Å². The van der Waals surface area contributed by atoms with Crippen LogP contribution >= 0.6 is 0 Å². The molecule has 0 aliphatic carbocycles. The third-order valence-corrected chi connectivity index (χ3v) is 17.4. The van der Waals surface area contributed by atoms with Gasteiger partial charge in [0.15, 0.2) is 14.1 Å². The zero-order valence-electron chi connectivity index (χ0n) is 35.8. The molecule has 0 bridgehead atoms. The van der Waals surface area contributed by atoms with Crippen LogP contribution < -0.4 is 4.74 Å². The minimum Gasteiger partial charge on any atom is -0.489 e. The lowest BCUT2D eigenvalue weighted by atomic mass is 9.70. The van der Waals surface area contributed by atoms with Gasteiger partial charge in [0.2, 0.25) is 0 Å². The molecule has 318 valence electrons. The van der Waals surface area contributed by atoms with Crippen molar-refractivity contribution >= 4 is 20.3 Å². The molecule has 0 radical (unpaired) electrons. The van der Waals surface area contributed by atoms with E-state index >= 15 is 0 Å². The molecule has 2 aliphatic heterocycles. The maximum atomic E-state index is 14.1. The fourth-order valence-electron chi connectivity index (χ4n) is 8.59. The Hall–Kier alpha value is -3.54. The van der Waals surface area contributed by atoms with Crippen LogP contribution in [0, 0.1) is 11.3 Å². The van der Waals surface area contributed by atoms with E-state index < -0.39 is 43.8 Å². The van der Waals surface area contributed by atoms with Crippen molar-refractivity contribution in [1.82, 2.24) is 0 Å². The summed E-state index contributed by atoms with van der Waals surface area (Å²) < 4.78 is 39.3. The van der Waals surface area contributed by atoms with Gasteiger partial charge >= 0.3 is 11.9 Å². The van der Waals surface area contributed by atoms with Gasteiger partial charge in [-0.15, -0.1) is 0 Å². The molecule has 0 amide bonds. The molecule has 5 rings (SSSR count). The molecule has 0 unspecified atom stereocenters. The van der Waals surface area contributed by atoms with E-state index in [1.807, 2.05) is 60.7 Å². The monoisotopic (exact) mass is 816 g/mol. The highest BCUT2D eigenvalue weighted by Gasteiger charge is 2.58. The minimum atomic E-state index is -2.07. The predicted molar refractivity (Wildman–Crippen MR) is 229 cm³/mol. The predicted octanol–water partition coefficient (Wildman–Crippen LogP) is 10.7. The molecule has 58 heavy (non-hydrogen) atoms. The number of aliphatic carboxylic acids is 1. The van der Waals surface area contributed by atoms with Gasteiger partial charge in [0.25, 0.3) is 0 Å². The van der Waals surface area contributed by atoms with E-state index in [9.17, 15) is 14.7 Å². The van der Waals surface area contributed by atoms with Crippen LogP contribution in [0.15, 0.2) is 84.9 Å². The SMILES string of the molecule is CC[Si](CC)(CC)O[C@@H](COCc1ccccc1)CC(=O)O[C@H]1C[C@@]2(O[C@@H](CC(=O)O)CCC2(C)C)O[C@H](CCCCc2cccc(OCc3ccccc3)c2)[C@H]1C. The Morgan fingerprint density at radius 2 is 1.52 bits per heavy atom. The Morgan fingerprint density at radius 1 is 0.862 bits per heavy atom. The van der Waals surface area contributed by atoms with Crippen LogP contribution in [0.4, 0.5) is 0 Å². The number of aryl methyl sites for hydroxylation is 1. The number of carbonyl (C=O) groups is 2. The first-order valence-electron chi connectivity index (χ1n) is 21.7. The lowest BCUT2D eigenvalue weighted by molar-refractivity contribution is -0.381. The second-order valence-electron chi connectivity index (χ2n) is 17.1. The summed E-state index contributed by atoms with van der Waals surface area (Å²) in [6, 6.07) is 31.4. The van der Waals surface area contributed by atoms with Crippen molar-refractivity contribution in [1.29, 1.82) is 0 Å². The van der Waals surface area contributed by atoms with Gasteiger partial charge in [-0.1, -0.05) is 121 Å². The summed E-state index contributed by atoms with van der Waals surface area (Å²) in [6.07, 6.45) is 3.53. The Balaban J connectivity index is 1.27. The van der Waals surface area contributed by atoms with Gasteiger partial charge in [0, 0.05) is 17.8 Å². The Morgan fingerprint density at radius 3 is 2.17 bits per heavy atom.